The van der Waals surface area contributed by atoms with Gasteiger partial charge in [-0.3, -0.25) is 14.6 Å². The minimum atomic E-state index is -4.85. The van der Waals surface area contributed by atoms with E-state index in [1.165, 1.54) is 41.3 Å². The fourth-order valence-electron chi connectivity index (χ4n) is 3.40. The van der Waals surface area contributed by atoms with E-state index in [1.54, 1.807) is 54.6 Å². The van der Waals surface area contributed by atoms with E-state index in [4.69, 9.17) is 0 Å². The minimum Gasteiger partial charge on any atom is -0.858 e. The molecule has 1 heterocycles. The summed E-state index contributed by atoms with van der Waals surface area (Å²) in [5.74, 6) is -2.50. The second kappa shape index (κ2) is 10.7. The zero-order valence-corrected chi connectivity index (χ0v) is 19.1. The lowest BCUT2D eigenvalue weighted by Crippen LogP contribution is -2.47. The Morgan fingerprint density at radius 2 is 1.35 bits per heavy atom. The topological polar surface area (TPSA) is 97.5 Å². The van der Waals surface area contributed by atoms with Gasteiger partial charge in [0.05, 0.1) is 22.5 Å². The zero-order valence-electron chi connectivity index (χ0n) is 19.1. The number of carbonyl (C=O) groups is 2. The summed E-state index contributed by atoms with van der Waals surface area (Å²) in [6.45, 7) is 0. The van der Waals surface area contributed by atoms with E-state index in [0.717, 1.165) is 0 Å². The van der Waals surface area contributed by atoms with Crippen molar-refractivity contribution >= 4 is 29.1 Å². The first-order chi connectivity index (χ1) is 17.7. The molecule has 186 valence electrons. The molecule has 2 amide bonds. The Bertz CT molecular complexity index is 1440. The SMILES string of the molecule is O=C(Nc1cc(C(F)(F)F)cc(N=C([O-])c2ccccc2)c1C(=O)N[n+]1ccccc1)c1ccccc1. The van der Waals surface area contributed by atoms with Gasteiger partial charge in [-0.05, 0) is 35.7 Å². The first-order valence-corrected chi connectivity index (χ1v) is 10.9. The van der Waals surface area contributed by atoms with Crippen LogP contribution in [0.25, 0.3) is 0 Å². The highest BCUT2D eigenvalue weighted by Gasteiger charge is 2.34. The smallest absolute Gasteiger partial charge is 0.416 e. The standard InChI is InChI=1S/C27H19F3N4O3/c28-27(29,30)20-16-21(31-24(35)18-10-4-1-5-11-18)23(26(37)33-34-14-8-3-9-15-34)22(17-20)32-25(36)19-12-6-2-7-13-19/h1-17H,(H2-,31,32,33,35,36,37). The van der Waals surface area contributed by atoms with Crippen LogP contribution < -0.4 is 20.5 Å². The Labute approximate surface area is 209 Å². The van der Waals surface area contributed by atoms with Crippen molar-refractivity contribution in [3.8, 4) is 0 Å². The molecule has 0 aliphatic heterocycles. The normalized spacial score (nSPS) is 11.6. The fraction of sp³-hybridized carbons (Fsp3) is 0.0370. The zero-order chi connectivity index (χ0) is 26.4. The molecule has 10 heteroatoms. The second-order valence-electron chi connectivity index (χ2n) is 7.74. The third-order valence-electron chi connectivity index (χ3n) is 5.15. The number of anilines is 1. The number of aromatic nitrogens is 1. The van der Waals surface area contributed by atoms with Gasteiger partial charge in [-0.2, -0.15) is 13.2 Å². The largest absolute Gasteiger partial charge is 0.858 e. The predicted molar refractivity (Wildman–Crippen MR) is 129 cm³/mol. The van der Waals surface area contributed by atoms with Crippen molar-refractivity contribution in [2.24, 2.45) is 4.99 Å². The third kappa shape index (κ3) is 6.17. The molecule has 0 bridgehead atoms. The number of aliphatic imine (C=N–C) groups is 1. The number of pyridine rings is 1. The highest BCUT2D eigenvalue weighted by atomic mass is 19.4. The van der Waals surface area contributed by atoms with Crippen LogP contribution in [0.1, 0.15) is 31.8 Å². The first kappa shape index (κ1) is 25.1. The molecule has 0 spiro atoms. The van der Waals surface area contributed by atoms with Crippen LogP contribution in [0.15, 0.2) is 108 Å². The van der Waals surface area contributed by atoms with Gasteiger partial charge < -0.3 is 10.4 Å². The molecular formula is C27H19F3N4O3. The first-order valence-electron chi connectivity index (χ1n) is 10.9. The van der Waals surface area contributed by atoms with Gasteiger partial charge >= 0.3 is 12.1 Å². The summed E-state index contributed by atoms with van der Waals surface area (Å²) in [6.07, 6.45) is -1.86. The van der Waals surface area contributed by atoms with E-state index in [1.807, 2.05) is 0 Å². The van der Waals surface area contributed by atoms with Crippen molar-refractivity contribution in [3.05, 3.63) is 126 Å². The van der Waals surface area contributed by atoms with Crippen molar-refractivity contribution < 1.29 is 32.5 Å². The predicted octanol–water partition coefficient (Wildman–Crippen LogP) is 4.07. The summed E-state index contributed by atoms with van der Waals surface area (Å²) >= 11 is 0. The lowest BCUT2D eigenvalue weighted by atomic mass is 10.0. The Hall–Kier alpha value is -4.99. The van der Waals surface area contributed by atoms with Gasteiger partial charge in [-0.15, -0.1) is 5.43 Å². The highest BCUT2D eigenvalue weighted by Crippen LogP contribution is 2.38. The molecule has 0 saturated carbocycles. The number of hydrogen-bond acceptors (Lipinski definition) is 4. The average Bonchev–Trinajstić information content (AvgIpc) is 2.89. The summed E-state index contributed by atoms with van der Waals surface area (Å²) in [4.78, 5) is 30.0. The summed E-state index contributed by atoms with van der Waals surface area (Å²) in [7, 11) is 0. The summed E-state index contributed by atoms with van der Waals surface area (Å²) in [5.41, 5.74) is 0.133. The number of alkyl halides is 3. The van der Waals surface area contributed by atoms with E-state index in [-0.39, 0.29) is 11.1 Å². The number of nitrogens with zero attached hydrogens (tertiary/aromatic N) is 2. The number of nitrogens with one attached hydrogen (secondary N) is 2. The summed E-state index contributed by atoms with van der Waals surface area (Å²) in [6, 6.07) is 21.6. The van der Waals surface area contributed by atoms with Crippen LogP contribution in [0.5, 0.6) is 0 Å². The van der Waals surface area contributed by atoms with Gasteiger partial charge in [0.25, 0.3) is 5.91 Å². The minimum absolute atomic E-state index is 0.110. The molecule has 7 nitrogen and oxygen atoms in total. The van der Waals surface area contributed by atoms with Crippen LogP contribution in [0.3, 0.4) is 0 Å². The quantitative estimate of drug-likeness (QED) is 0.235. The average molecular weight is 504 g/mol. The third-order valence-corrected chi connectivity index (χ3v) is 5.15. The Balaban J connectivity index is 1.89. The number of halogens is 3. The monoisotopic (exact) mass is 504 g/mol. The van der Waals surface area contributed by atoms with Gasteiger partial charge in [-0.1, -0.05) is 59.3 Å². The second-order valence-corrected chi connectivity index (χ2v) is 7.74. The van der Waals surface area contributed by atoms with Gasteiger partial charge in [0, 0.05) is 17.7 Å². The molecule has 0 aliphatic rings. The van der Waals surface area contributed by atoms with E-state index < -0.39 is 46.4 Å². The molecule has 1 aromatic heterocycles. The van der Waals surface area contributed by atoms with Crippen LogP contribution in [-0.2, 0) is 6.18 Å². The van der Waals surface area contributed by atoms with Crippen LogP contribution in [0, 0.1) is 0 Å². The summed E-state index contributed by atoms with van der Waals surface area (Å²) in [5, 5.41) is 15.2. The van der Waals surface area contributed by atoms with Gasteiger partial charge in [0.15, 0.2) is 12.4 Å². The maximum atomic E-state index is 13.8. The van der Waals surface area contributed by atoms with Crippen molar-refractivity contribution in [2.75, 3.05) is 10.7 Å². The molecule has 4 aromatic rings. The molecule has 0 fully saturated rings. The highest BCUT2D eigenvalue weighted by molar-refractivity contribution is 6.13. The van der Waals surface area contributed by atoms with E-state index in [0.29, 0.717) is 12.1 Å². The number of rotatable bonds is 6. The maximum absolute atomic E-state index is 13.8. The number of benzene rings is 3. The van der Waals surface area contributed by atoms with E-state index in [2.05, 4.69) is 15.7 Å². The molecular weight excluding hydrogens is 485 g/mol. The summed E-state index contributed by atoms with van der Waals surface area (Å²) < 4.78 is 42.7. The lowest BCUT2D eigenvalue weighted by Gasteiger charge is -2.18. The van der Waals surface area contributed by atoms with E-state index >= 15 is 0 Å². The van der Waals surface area contributed by atoms with Gasteiger partial charge in [-0.25, -0.2) is 0 Å². The van der Waals surface area contributed by atoms with Crippen molar-refractivity contribution in [2.45, 2.75) is 6.18 Å². The van der Waals surface area contributed by atoms with Crippen LogP contribution in [0.4, 0.5) is 24.5 Å². The number of amides is 2. The molecule has 0 atom stereocenters. The van der Waals surface area contributed by atoms with Crippen LogP contribution in [0.2, 0.25) is 0 Å². The number of carbonyl (C=O) groups excluding carboxylic acids is 2. The van der Waals surface area contributed by atoms with Crippen molar-refractivity contribution in [1.29, 1.82) is 0 Å². The molecule has 0 unspecified atom stereocenters. The maximum Gasteiger partial charge on any atom is 0.416 e. The van der Waals surface area contributed by atoms with Gasteiger partial charge in [0.1, 0.15) is 0 Å². The Morgan fingerprint density at radius 1 is 0.784 bits per heavy atom. The van der Waals surface area contributed by atoms with Crippen molar-refractivity contribution in [3.63, 3.8) is 0 Å². The van der Waals surface area contributed by atoms with Gasteiger partial charge in [0.2, 0.25) is 0 Å². The molecule has 0 radical (unpaired) electrons. The molecule has 3 aromatic carbocycles. The molecule has 0 aliphatic carbocycles. The molecule has 2 N–H and O–H groups in total. The number of hydrogen-bond donors (Lipinski definition) is 2. The lowest BCUT2D eigenvalue weighted by molar-refractivity contribution is -0.641. The molecule has 37 heavy (non-hydrogen) atoms. The van der Waals surface area contributed by atoms with Crippen molar-refractivity contribution in [1.82, 2.24) is 0 Å². The Morgan fingerprint density at radius 3 is 1.95 bits per heavy atom. The molecule has 0 saturated heterocycles. The fourth-order valence-corrected chi connectivity index (χ4v) is 3.40. The Kier molecular flexibility index (Phi) is 7.28. The molecule has 4 rings (SSSR count). The van der Waals surface area contributed by atoms with E-state index in [9.17, 15) is 27.9 Å². The van der Waals surface area contributed by atoms with Crippen LogP contribution >= 0.6 is 0 Å². The van der Waals surface area contributed by atoms with Crippen LogP contribution in [-0.4, -0.2) is 17.7 Å².